The highest BCUT2D eigenvalue weighted by atomic mass is 19.1. The molecule has 8 heteroatoms. The van der Waals surface area contributed by atoms with Crippen molar-refractivity contribution < 1.29 is 18.4 Å². The van der Waals surface area contributed by atoms with E-state index in [1.807, 2.05) is 17.0 Å². The number of pyridine rings is 1. The maximum atomic E-state index is 13.0. The average molecular weight is 396 g/mol. The summed E-state index contributed by atoms with van der Waals surface area (Å²) in [6.45, 7) is 0.654. The summed E-state index contributed by atoms with van der Waals surface area (Å²) in [5, 5.41) is 4.04. The fraction of sp³-hybridized carbons (Fsp3) is 0.333. The lowest BCUT2D eigenvalue weighted by atomic mass is 10.1. The van der Waals surface area contributed by atoms with Gasteiger partial charge in [-0.1, -0.05) is 5.16 Å². The minimum absolute atomic E-state index is 0.0590. The van der Waals surface area contributed by atoms with Gasteiger partial charge in [-0.15, -0.1) is 0 Å². The Labute approximate surface area is 167 Å². The molecule has 29 heavy (non-hydrogen) atoms. The van der Waals surface area contributed by atoms with Gasteiger partial charge in [-0.2, -0.15) is 4.98 Å². The second kappa shape index (κ2) is 8.81. The van der Waals surface area contributed by atoms with Crippen LogP contribution in [0.2, 0.25) is 0 Å². The van der Waals surface area contributed by atoms with Gasteiger partial charge in [-0.05, 0) is 55.7 Å². The molecule has 1 atom stereocenters. The minimum atomic E-state index is -0.336. The van der Waals surface area contributed by atoms with E-state index >= 15 is 0 Å². The van der Waals surface area contributed by atoms with Crippen LogP contribution in [0.4, 0.5) is 4.39 Å². The van der Waals surface area contributed by atoms with Gasteiger partial charge in [0.1, 0.15) is 11.6 Å². The first-order valence-corrected chi connectivity index (χ1v) is 9.60. The lowest BCUT2D eigenvalue weighted by molar-refractivity contribution is -0.134. The van der Waals surface area contributed by atoms with E-state index in [1.165, 1.54) is 24.3 Å². The number of ether oxygens (including phenoxy) is 1. The molecule has 1 unspecified atom stereocenters. The molecule has 7 nitrogen and oxygen atoms in total. The van der Waals surface area contributed by atoms with Crippen LogP contribution >= 0.6 is 0 Å². The van der Waals surface area contributed by atoms with Crippen molar-refractivity contribution in [2.75, 3.05) is 13.2 Å². The molecule has 1 saturated heterocycles. The van der Waals surface area contributed by atoms with Crippen molar-refractivity contribution in [1.29, 1.82) is 0 Å². The van der Waals surface area contributed by atoms with Crippen molar-refractivity contribution in [1.82, 2.24) is 20.0 Å². The predicted octanol–water partition coefficient (Wildman–Crippen LogP) is 3.27. The van der Waals surface area contributed by atoms with Crippen molar-refractivity contribution in [2.45, 2.75) is 31.7 Å². The number of amides is 1. The molecule has 1 aliphatic rings. The van der Waals surface area contributed by atoms with E-state index in [0.717, 1.165) is 24.8 Å². The summed E-state index contributed by atoms with van der Waals surface area (Å²) in [6.07, 6.45) is 6.64. The molecule has 0 radical (unpaired) electrons. The fourth-order valence-electron chi connectivity index (χ4n) is 3.49. The number of aryl methyl sites for hydroxylation is 1. The fourth-order valence-corrected chi connectivity index (χ4v) is 3.49. The van der Waals surface area contributed by atoms with E-state index in [-0.39, 0.29) is 24.4 Å². The van der Waals surface area contributed by atoms with E-state index in [9.17, 15) is 9.18 Å². The molecule has 1 aliphatic heterocycles. The van der Waals surface area contributed by atoms with Crippen LogP contribution in [0.1, 0.15) is 25.1 Å². The molecule has 4 rings (SSSR count). The largest absolute Gasteiger partial charge is 0.484 e. The van der Waals surface area contributed by atoms with E-state index in [0.29, 0.717) is 30.4 Å². The van der Waals surface area contributed by atoms with Crippen LogP contribution in [0.25, 0.3) is 11.5 Å². The van der Waals surface area contributed by atoms with E-state index in [1.54, 1.807) is 12.4 Å². The number of likely N-dealkylation sites (tertiary alicyclic amines) is 1. The Morgan fingerprint density at radius 3 is 2.79 bits per heavy atom. The van der Waals surface area contributed by atoms with Gasteiger partial charge < -0.3 is 14.2 Å². The number of nitrogens with zero attached hydrogens (tertiary/aromatic N) is 4. The van der Waals surface area contributed by atoms with Gasteiger partial charge >= 0.3 is 0 Å². The van der Waals surface area contributed by atoms with Crippen LogP contribution in [-0.2, 0) is 11.2 Å². The third-order valence-electron chi connectivity index (χ3n) is 4.97. The number of halogens is 1. The first-order chi connectivity index (χ1) is 14.2. The van der Waals surface area contributed by atoms with E-state index < -0.39 is 0 Å². The van der Waals surface area contributed by atoms with Gasteiger partial charge in [0.2, 0.25) is 0 Å². The topological polar surface area (TPSA) is 81.4 Å². The molecule has 3 aromatic rings. The molecule has 0 spiro atoms. The smallest absolute Gasteiger partial charge is 0.260 e. The Bertz CT molecular complexity index is 946. The zero-order valence-electron chi connectivity index (χ0n) is 15.8. The number of aromatic nitrogens is 3. The SMILES string of the molecule is O=C(COc1ccc(F)cc1)N1CCCC1CCc1noc(-c2ccncc2)n1. The van der Waals surface area contributed by atoms with Crippen molar-refractivity contribution in [3.05, 3.63) is 60.4 Å². The van der Waals surface area contributed by atoms with Crippen LogP contribution in [0, 0.1) is 5.82 Å². The van der Waals surface area contributed by atoms with Gasteiger partial charge in [-0.25, -0.2) is 4.39 Å². The lowest BCUT2D eigenvalue weighted by Gasteiger charge is -2.24. The number of benzene rings is 1. The summed E-state index contributed by atoms with van der Waals surface area (Å²) < 4.78 is 23.8. The first-order valence-electron chi connectivity index (χ1n) is 9.60. The van der Waals surface area contributed by atoms with Crippen molar-refractivity contribution in [3.63, 3.8) is 0 Å². The quantitative estimate of drug-likeness (QED) is 0.610. The van der Waals surface area contributed by atoms with Crippen LogP contribution in [0.3, 0.4) is 0 Å². The van der Waals surface area contributed by atoms with Gasteiger partial charge in [0.15, 0.2) is 12.4 Å². The summed E-state index contributed by atoms with van der Waals surface area (Å²) in [7, 11) is 0. The summed E-state index contributed by atoms with van der Waals surface area (Å²) in [5.74, 6) is 1.17. The van der Waals surface area contributed by atoms with Crippen LogP contribution < -0.4 is 4.74 Å². The monoisotopic (exact) mass is 396 g/mol. The number of hydrogen-bond acceptors (Lipinski definition) is 6. The molecule has 1 fully saturated rings. The molecule has 0 N–H and O–H groups in total. The number of carbonyl (C=O) groups excluding carboxylic acids is 1. The second-order valence-corrected chi connectivity index (χ2v) is 6.92. The Hall–Kier alpha value is -3.29. The predicted molar refractivity (Wildman–Crippen MR) is 102 cm³/mol. The Kier molecular flexibility index (Phi) is 5.79. The average Bonchev–Trinajstić information content (AvgIpc) is 3.42. The van der Waals surface area contributed by atoms with E-state index in [4.69, 9.17) is 9.26 Å². The summed E-state index contributed by atoms with van der Waals surface area (Å²) in [4.78, 5) is 22.8. The molecule has 1 aromatic carbocycles. The van der Waals surface area contributed by atoms with Crippen LogP contribution in [0.5, 0.6) is 5.75 Å². The van der Waals surface area contributed by atoms with Gasteiger partial charge in [0.05, 0.1) is 0 Å². The molecule has 1 amide bonds. The van der Waals surface area contributed by atoms with Crippen molar-refractivity contribution in [2.24, 2.45) is 0 Å². The minimum Gasteiger partial charge on any atom is -0.484 e. The van der Waals surface area contributed by atoms with Gasteiger partial charge in [-0.3, -0.25) is 9.78 Å². The maximum Gasteiger partial charge on any atom is 0.260 e. The molecule has 0 aliphatic carbocycles. The first kappa shape index (κ1) is 19.0. The second-order valence-electron chi connectivity index (χ2n) is 6.92. The lowest BCUT2D eigenvalue weighted by Crippen LogP contribution is -2.38. The Morgan fingerprint density at radius 2 is 2.00 bits per heavy atom. The maximum absolute atomic E-state index is 13.0. The van der Waals surface area contributed by atoms with Crippen LogP contribution in [-0.4, -0.2) is 45.1 Å². The zero-order valence-corrected chi connectivity index (χ0v) is 15.8. The molecule has 3 heterocycles. The highest BCUT2D eigenvalue weighted by molar-refractivity contribution is 5.78. The molecule has 0 saturated carbocycles. The summed E-state index contributed by atoms with van der Waals surface area (Å²) in [6, 6.07) is 9.40. The van der Waals surface area contributed by atoms with Crippen molar-refractivity contribution >= 4 is 5.91 Å². The normalized spacial score (nSPS) is 16.2. The van der Waals surface area contributed by atoms with Crippen LogP contribution in [0.15, 0.2) is 53.3 Å². The molecular formula is C21H21FN4O3. The summed E-state index contributed by atoms with van der Waals surface area (Å²) >= 11 is 0. The van der Waals surface area contributed by atoms with Gasteiger partial charge in [0.25, 0.3) is 11.8 Å². The molecule has 0 bridgehead atoms. The number of rotatable bonds is 7. The molecular weight excluding hydrogens is 375 g/mol. The number of hydrogen-bond donors (Lipinski definition) is 0. The Balaban J connectivity index is 1.30. The highest BCUT2D eigenvalue weighted by Gasteiger charge is 2.29. The van der Waals surface area contributed by atoms with Crippen molar-refractivity contribution in [3.8, 4) is 17.2 Å². The highest BCUT2D eigenvalue weighted by Crippen LogP contribution is 2.23. The standard InChI is InChI=1S/C21H21FN4O3/c22-16-3-6-18(7-4-16)28-14-20(27)26-13-1-2-17(26)5-8-19-24-21(29-25-19)15-9-11-23-12-10-15/h3-4,6-7,9-12,17H,1-2,5,8,13-14H2. The molecule has 2 aromatic heterocycles. The third-order valence-corrected chi connectivity index (χ3v) is 4.97. The van der Waals surface area contributed by atoms with E-state index in [2.05, 4.69) is 15.1 Å². The Morgan fingerprint density at radius 1 is 1.21 bits per heavy atom. The summed E-state index contributed by atoms with van der Waals surface area (Å²) in [5.41, 5.74) is 0.828. The third kappa shape index (κ3) is 4.77. The van der Waals surface area contributed by atoms with Gasteiger partial charge in [0, 0.05) is 37.0 Å². The number of carbonyl (C=O) groups is 1. The molecule has 150 valence electrons. The zero-order chi connectivity index (χ0) is 20.1.